The summed E-state index contributed by atoms with van der Waals surface area (Å²) in [6.45, 7) is 2.17. The van der Waals surface area contributed by atoms with Crippen LogP contribution in [-0.2, 0) is 0 Å². The molecule has 17 heavy (non-hydrogen) atoms. The summed E-state index contributed by atoms with van der Waals surface area (Å²) in [7, 11) is 0. The number of hydrogen-bond acceptors (Lipinski definition) is 3. The van der Waals surface area contributed by atoms with Gasteiger partial charge in [-0.2, -0.15) is 0 Å². The smallest absolute Gasteiger partial charge is 0.253 e. The highest BCUT2D eigenvalue weighted by Crippen LogP contribution is 2.30. The second-order valence-corrected chi connectivity index (χ2v) is 4.03. The topological polar surface area (TPSA) is 30.5 Å². The Labute approximate surface area is 98.7 Å². The molecule has 0 amide bonds. The summed E-state index contributed by atoms with van der Waals surface area (Å²) in [5, 5.41) is 2.73. The summed E-state index contributed by atoms with van der Waals surface area (Å²) in [5.74, 6) is 1.36. The van der Waals surface area contributed by atoms with Gasteiger partial charge in [0.15, 0.2) is 11.5 Å². The van der Waals surface area contributed by atoms with E-state index in [0.29, 0.717) is 24.7 Å². The normalized spacial score (nSPS) is 20.4. The van der Waals surface area contributed by atoms with E-state index in [1.165, 1.54) is 6.92 Å². The molecule has 0 saturated heterocycles. The fourth-order valence-corrected chi connectivity index (χ4v) is 1.57. The monoisotopic (exact) mass is 243 g/mol. The van der Waals surface area contributed by atoms with Crippen LogP contribution in [0.2, 0.25) is 0 Å². The third kappa shape index (κ3) is 3.06. The summed E-state index contributed by atoms with van der Waals surface area (Å²) in [4.78, 5) is 0. The van der Waals surface area contributed by atoms with E-state index in [9.17, 15) is 8.78 Å². The maximum atomic E-state index is 12.3. The summed E-state index contributed by atoms with van der Waals surface area (Å²) < 4.78 is 35.7. The average Bonchev–Trinajstić information content (AvgIpc) is 2.35. The minimum absolute atomic E-state index is 0.230. The number of alkyl halides is 2. The predicted octanol–water partition coefficient (Wildman–Crippen LogP) is 2.07. The standard InChI is InChI=1S/C12H15F2NO2/c1-8(12(13)14)15-6-9-7-16-10-4-2-3-5-11(10)17-9/h2-5,8-9,12,15H,6-7H2,1H3. The summed E-state index contributed by atoms with van der Waals surface area (Å²) in [5.41, 5.74) is 0. The molecular weight excluding hydrogens is 228 g/mol. The Morgan fingerprint density at radius 3 is 2.76 bits per heavy atom. The van der Waals surface area contributed by atoms with Gasteiger partial charge in [0.05, 0.1) is 6.04 Å². The van der Waals surface area contributed by atoms with Crippen molar-refractivity contribution in [3.05, 3.63) is 24.3 Å². The Morgan fingerprint density at radius 2 is 2.06 bits per heavy atom. The van der Waals surface area contributed by atoms with E-state index in [2.05, 4.69) is 5.32 Å². The third-order valence-corrected chi connectivity index (χ3v) is 2.61. The van der Waals surface area contributed by atoms with Crippen molar-refractivity contribution in [2.24, 2.45) is 0 Å². The minimum Gasteiger partial charge on any atom is -0.486 e. The molecular formula is C12H15F2NO2. The van der Waals surface area contributed by atoms with Crippen LogP contribution in [-0.4, -0.2) is 31.7 Å². The molecule has 0 aromatic heterocycles. The molecule has 1 aliphatic rings. The highest BCUT2D eigenvalue weighted by atomic mass is 19.3. The van der Waals surface area contributed by atoms with E-state index < -0.39 is 12.5 Å². The number of benzene rings is 1. The van der Waals surface area contributed by atoms with E-state index in [4.69, 9.17) is 9.47 Å². The Hall–Kier alpha value is -1.36. The zero-order valence-electron chi connectivity index (χ0n) is 9.53. The maximum Gasteiger partial charge on any atom is 0.253 e. The molecule has 1 heterocycles. The Bertz CT molecular complexity index is 373. The van der Waals surface area contributed by atoms with Gasteiger partial charge in [-0.05, 0) is 19.1 Å². The van der Waals surface area contributed by atoms with Crippen molar-refractivity contribution in [1.82, 2.24) is 5.32 Å². The minimum atomic E-state index is -2.37. The number of nitrogens with one attached hydrogen (secondary N) is 1. The Kier molecular flexibility index (Phi) is 3.78. The van der Waals surface area contributed by atoms with Gasteiger partial charge in [0.1, 0.15) is 12.7 Å². The molecule has 2 rings (SSSR count). The summed E-state index contributed by atoms with van der Waals surface area (Å²) in [6.07, 6.45) is -2.60. The first kappa shape index (κ1) is 12.1. The molecule has 0 fully saturated rings. The lowest BCUT2D eigenvalue weighted by Crippen LogP contribution is -2.43. The molecule has 5 heteroatoms. The zero-order valence-corrected chi connectivity index (χ0v) is 9.53. The van der Waals surface area contributed by atoms with Crippen LogP contribution in [0.4, 0.5) is 8.78 Å². The maximum absolute atomic E-state index is 12.3. The fraction of sp³-hybridized carbons (Fsp3) is 0.500. The van der Waals surface area contributed by atoms with Crippen molar-refractivity contribution in [1.29, 1.82) is 0 Å². The van der Waals surface area contributed by atoms with Gasteiger partial charge in [0.2, 0.25) is 0 Å². The Balaban J connectivity index is 1.86. The molecule has 2 atom stereocenters. The van der Waals surface area contributed by atoms with Gasteiger partial charge in [-0.1, -0.05) is 12.1 Å². The number of hydrogen-bond donors (Lipinski definition) is 1. The van der Waals surface area contributed by atoms with E-state index in [0.717, 1.165) is 0 Å². The van der Waals surface area contributed by atoms with Crippen molar-refractivity contribution in [2.45, 2.75) is 25.5 Å². The molecule has 0 radical (unpaired) electrons. The molecule has 0 aliphatic carbocycles. The molecule has 0 spiro atoms. The number of ether oxygens (including phenoxy) is 2. The SMILES string of the molecule is CC(NCC1COc2ccccc2O1)C(F)F. The molecule has 1 aromatic carbocycles. The van der Waals surface area contributed by atoms with Crippen LogP contribution in [0.25, 0.3) is 0 Å². The van der Waals surface area contributed by atoms with E-state index in [-0.39, 0.29) is 6.10 Å². The average molecular weight is 243 g/mol. The molecule has 0 saturated carbocycles. The summed E-state index contributed by atoms with van der Waals surface area (Å²) >= 11 is 0. The van der Waals surface area contributed by atoms with Gasteiger partial charge in [-0.15, -0.1) is 0 Å². The van der Waals surface area contributed by atoms with Crippen molar-refractivity contribution in [3.63, 3.8) is 0 Å². The number of fused-ring (bicyclic) bond motifs is 1. The van der Waals surface area contributed by atoms with Gasteiger partial charge in [-0.25, -0.2) is 8.78 Å². The molecule has 2 unspecified atom stereocenters. The first-order valence-corrected chi connectivity index (χ1v) is 5.57. The van der Waals surface area contributed by atoms with Crippen LogP contribution in [0.3, 0.4) is 0 Å². The van der Waals surface area contributed by atoms with Gasteiger partial charge >= 0.3 is 0 Å². The van der Waals surface area contributed by atoms with Gasteiger partial charge in [-0.3, -0.25) is 0 Å². The zero-order chi connectivity index (χ0) is 12.3. The van der Waals surface area contributed by atoms with Crippen molar-refractivity contribution < 1.29 is 18.3 Å². The van der Waals surface area contributed by atoms with Gasteiger partial charge in [0.25, 0.3) is 6.43 Å². The first-order chi connectivity index (χ1) is 8.16. The largest absolute Gasteiger partial charge is 0.486 e. The van der Waals surface area contributed by atoms with Crippen LogP contribution in [0, 0.1) is 0 Å². The third-order valence-electron chi connectivity index (χ3n) is 2.61. The molecule has 94 valence electrons. The lowest BCUT2D eigenvalue weighted by molar-refractivity contribution is 0.0692. The predicted molar refractivity (Wildman–Crippen MR) is 59.8 cm³/mol. The fourth-order valence-electron chi connectivity index (χ4n) is 1.57. The summed E-state index contributed by atoms with van der Waals surface area (Å²) in [6, 6.07) is 6.49. The van der Waals surface area contributed by atoms with Gasteiger partial charge < -0.3 is 14.8 Å². The van der Waals surface area contributed by atoms with E-state index in [1.54, 1.807) is 6.07 Å². The van der Waals surface area contributed by atoms with Crippen LogP contribution >= 0.6 is 0 Å². The van der Waals surface area contributed by atoms with Crippen molar-refractivity contribution in [3.8, 4) is 11.5 Å². The Morgan fingerprint density at radius 1 is 1.35 bits per heavy atom. The lowest BCUT2D eigenvalue weighted by Gasteiger charge is -2.27. The highest BCUT2D eigenvalue weighted by molar-refractivity contribution is 5.40. The van der Waals surface area contributed by atoms with Crippen molar-refractivity contribution in [2.75, 3.05) is 13.2 Å². The molecule has 3 nitrogen and oxygen atoms in total. The highest BCUT2D eigenvalue weighted by Gasteiger charge is 2.22. The second-order valence-electron chi connectivity index (χ2n) is 4.03. The molecule has 0 bridgehead atoms. The number of halogens is 2. The van der Waals surface area contributed by atoms with Gasteiger partial charge in [0, 0.05) is 6.54 Å². The lowest BCUT2D eigenvalue weighted by atomic mass is 10.2. The van der Waals surface area contributed by atoms with E-state index >= 15 is 0 Å². The quantitative estimate of drug-likeness (QED) is 0.878. The van der Waals surface area contributed by atoms with E-state index in [1.807, 2.05) is 18.2 Å². The number of rotatable bonds is 4. The molecule has 1 aromatic rings. The van der Waals surface area contributed by atoms with Crippen LogP contribution < -0.4 is 14.8 Å². The van der Waals surface area contributed by atoms with Crippen molar-refractivity contribution >= 4 is 0 Å². The van der Waals surface area contributed by atoms with Crippen LogP contribution in [0.5, 0.6) is 11.5 Å². The van der Waals surface area contributed by atoms with Crippen LogP contribution in [0.15, 0.2) is 24.3 Å². The second kappa shape index (κ2) is 5.31. The first-order valence-electron chi connectivity index (χ1n) is 5.57. The molecule has 1 aliphatic heterocycles. The van der Waals surface area contributed by atoms with Crippen LogP contribution in [0.1, 0.15) is 6.92 Å². The number of para-hydroxylation sites is 2. The molecule has 1 N–H and O–H groups in total.